The molecule has 1 heterocycles. The fourth-order valence-electron chi connectivity index (χ4n) is 2.35. The third kappa shape index (κ3) is 3.91. The highest BCUT2D eigenvalue weighted by molar-refractivity contribution is 7.99. The van der Waals surface area contributed by atoms with Crippen LogP contribution in [0.25, 0.3) is 0 Å². The molecule has 2 amide bonds. The van der Waals surface area contributed by atoms with Crippen LogP contribution in [0.15, 0.2) is 24.3 Å². The van der Waals surface area contributed by atoms with E-state index in [1.165, 1.54) is 0 Å². The Balaban J connectivity index is 2.01. The van der Waals surface area contributed by atoms with Crippen molar-refractivity contribution >= 4 is 29.3 Å². The van der Waals surface area contributed by atoms with Crippen LogP contribution in [0.5, 0.6) is 5.75 Å². The molecule has 6 heteroatoms. The summed E-state index contributed by atoms with van der Waals surface area (Å²) in [6.07, 6.45) is 0.334. The Labute approximate surface area is 129 Å². The van der Waals surface area contributed by atoms with E-state index in [0.29, 0.717) is 24.5 Å². The number of methoxy groups -OCH3 is 1. The zero-order chi connectivity index (χ0) is 15.2. The van der Waals surface area contributed by atoms with Crippen LogP contribution in [0.2, 0.25) is 0 Å². The van der Waals surface area contributed by atoms with Gasteiger partial charge in [0.2, 0.25) is 11.8 Å². The number of carbonyl (C=O) groups is 2. The molecule has 1 fully saturated rings. The third-order valence-electron chi connectivity index (χ3n) is 3.30. The van der Waals surface area contributed by atoms with Gasteiger partial charge in [0.15, 0.2) is 0 Å². The molecular weight excluding hydrogens is 288 g/mol. The van der Waals surface area contributed by atoms with Crippen LogP contribution in [0.4, 0.5) is 5.69 Å². The molecule has 2 rings (SSSR count). The average molecular weight is 308 g/mol. The number of ether oxygens (including phenoxy) is 1. The first kappa shape index (κ1) is 15.7. The van der Waals surface area contributed by atoms with E-state index < -0.39 is 0 Å². The molecule has 0 aromatic heterocycles. The Morgan fingerprint density at radius 3 is 2.95 bits per heavy atom. The van der Waals surface area contributed by atoms with Gasteiger partial charge in [0.25, 0.3) is 0 Å². The average Bonchev–Trinajstić information content (AvgIpc) is 2.85. The number of para-hydroxylation sites is 2. The first-order valence-electron chi connectivity index (χ1n) is 6.96. The van der Waals surface area contributed by atoms with Crippen LogP contribution in [0, 0.1) is 0 Å². The van der Waals surface area contributed by atoms with E-state index in [0.717, 1.165) is 11.4 Å². The molecule has 1 aromatic rings. The summed E-state index contributed by atoms with van der Waals surface area (Å²) in [6, 6.07) is 7.28. The van der Waals surface area contributed by atoms with Gasteiger partial charge in [-0.1, -0.05) is 19.1 Å². The monoisotopic (exact) mass is 308 g/mol. The highest BCUT2D eigenvalue weighted by Gasteiger charge is 2.32. The van der Waals surface area contributed by atoms with Gasteiger partial charge in [0, 0.05) is 13.0 Å². The number of thioether (sulfide) groups is 1. The predicted octanol–water partition coefficient (Wildman–Crippen LogP) is 1.67. The van der Waals surface area contributed by atoms with Crippen LogP contribution in [-0.2, 0) is 9.59 Å². The lowest BCUT2D eigenvalue weighted by Crippen LogP contribution is -2.38. The van der Waals surface area contributed by atoms with Crippen LogP contribution >= 0.6 is 11.8 Å². The molecule has 1 saturated heterocycles. The van der Waals surface area contributed by atoms with Gasteiger partial charge in [-0.15, -0.1) is 0 Å². The second-order valence-corrected chi connectivity index (χ2v) is 6.06. The summed E-state index contributed by atoms with van der Waals surface area (Å²) in [5.74, 6) is 2.01. The fraction of sp³-hybridized carbons (Fsp3) is 0.467. The van der Waals surface area contributed by atoms with Crippen molar-refractivity contribution in [1.29, 1.82) is 0 Å². The number of nitrogens with zero attached hydrogens (tertiary/aromatic N) is 1. The number of anilines is 1. The summed E-state index contributed by atoms with van der Waals surface area (Å²) in [5.41, 5.74) is 0.754. The predicted molar refractivity (Wildman–Crippen MR) is 84.9 cm³/mol. The Hall–Kier alpha value is -1.69. The second-order valence-electron chi connectivity index (χ2n) is 4.78. The minimum atomic E-state index is -0.132. The minimum Gasteiger partial charge on any atom is -0.495 e. The molecule has 1 aromatic carbocycles. The van der Waals surface area contributed by atoms with Gasteiger partial charge < -0.3 is 15.0 Å². The molecule has 0 bridgehead atoms. The zero-order valence-corrected chi connectivity index (χ0v) is 13.1. The zero-order valence-electron chi connectivity index (χ0n) is 12.3. The van der Waals surface area contributed by atoms with Crippen molar-refractivity contribution in [3.8, 4) is 5.75 Å². The van der Waals surface area contributed by atoms with E-state index >= 15 is 0 Å². The van der Waals surface area contributed by atoms with Crippen molar-refractivity contribution in [1.82, 2.24) is 5.32 Å². The summed E-state index contributed by atoms with van der Waals surface area (Å²) < 4.78 is 5.29. The fourth-order valence-corrected chi connectivity index (χ4v) is 2.83. The lowest BCUT2D eigenvalue weighted by Gasteiger charge is -2.19. The Kier molecular flexibility index (Phi) is 5.50. The number of benzene rings is 1. The number of hydrogen-bond donors (Lipinski definition) is 1. The van der Waals surface area contributed by atoms with E-state index in [1.807, 2.05) is 31.2 Å². The van der Waals surface area contributed by atoms with Gasteiger partial charge in [0.1, 0.15) is 5.75 Å². The van der Waals surface area contributed by atoms with E-state index in [2.05, 4.69) is 5.32 Å². The van der Waals surface area contributed by atoms with Gasteiger partial charge >= 0.3 is 0 Å². The molecule has 1 N–H and O–H groups in total. The maximum absolute atomic E-state index is 12.2. The Morgan fingerprint density at radius 2 is 2.24 bits per heavy atom. The lowest BCUT2D eigenvalue weighted by atomic mass is 10.2. The number of amides is 2. The van der Waals surface area contributed by atoms with Gasteiger partial charge in [-0.05, 0) is 17.9 Å². The van der Waals surface area contributed by atoms with E-state index in [1.54, 1.807) is 23.8 Å². The van der Waals surface area contributed by atoms with Gasteiger partial charge in [-0.2, -0.15) is 11.8 Å². The molecule has 5 nitrogen and oxygen atoms in total. The second kappa shape index (κ2) is 7.36. The molecule has 0 saturated carbocycles. The number of hydrogen-bond acceptors (Lipinski definition) is 4. The van der Waals surface area contributed by atoms with Crippen molar-refractivity contribution in [2.45, 2.75) is 19.4 Å². The standard InChI is InChI=1S/C15H20N2O3S/c1-3-21-10-14(18)16-11-8-15(19)17(9-11)12-6-4-5-7-13(12)20-2/h4-7,11H,3,8-10H2,1-2H3,(H,16,18). The lowest BCUT2D eigenvalue weighted by molar-refractivity contribution is -0.119. The summed E-state index contributed by atoms with van der Waals surface area (Å²) >= 11 is 1.57. The van der Waals surface area contributed by atoms with Crippen molar-refractivity contribution in [2.24, 2.45) is 0 Å². The van der Waals surface area contributed by atoms with Gasteiger partial charge in [-0.3, -0.25) is 9.59 Å². The maximum Gasteiger partial charge on any atom is 0.230 e. The molecule has 1 unspecified atom stereocenters. The van der Waals surface area contributed by atoms with Gasteiger partial charge in [0.05, 0.1) is 24.6 Å². The van der Waals surface area contributed by atoms with Crippen molar-refractivity contribution < 1.29 is 14.3 Å². The van der Waals surface area contributed by atoms with E-state index in [9.17, 15) is 9.59 Å². The smallest absolute Gasteiger partial charge is 0.230 e. The van der Waals surface area contributed by atoms with E-state index in [-0.39, 0.29) is 17.9 Å². The quantitative estimate of drug-likeness (QED) is 0.868. The van der Waals surface area contributed by atoms with Crippen molar-refractivity contribution in [2.75, 3.05) is 30.1 Å². The molecule has 1 aliphatic heterocycles. The summed E-state index contributed by atoms with van der Waals surface area (Å²) in [6.45, 7) is 2.50. The summed E-state index contributed by atoms with van der Waals surface area (Å²) in [5, 5.41) is 2.92. The highest BCUT2D eigenvalue weighted by atomic mass is 32.2. The normalized spacial score (nSPS) is 17.9. The summed E-state index contributed by atoms with van der Waals surface area (Å²) in [4.78, 5) is 25.6. The Morgan fingerprint density at radius 1 is 1.48 bits per heavy atom. The highest BCUT2D eigenvalue weighted by Crippen LogP contribution is 2.30. The first-order valence-corrected chi connectivity index (χ1v) is 8.11. The molecule has 1 atom stereocenters. The molecule has 0 spiro atoms. The molecule has 114 valence electrons. The summed E-state index contributed by atoms with van der Waals surface area (Å²) in [7, 11) is 1.58. The topological polar surface area (TPSA) is 58.6 Å². The molecule has 0 radical (unpaired) electrons. The number of nitrogens with one attached hydrogen (secondary N) is 1. The third-order valence-corrected chi connectivity index (χ3v) is 4.18. The SMILES string of the molecule is CCSCC(=O)NC1CC(=O)N(c2ccccc2OC)C1. The largest absolute Gasteiger partial charge is 0.495 e. The van der Waals surface area contributed by atoms with Gasteiger partial charge in [-0.25, -0.2) is 0 Å². The molecule has 1 aliphatic rings. The van der Waals surface area contributed by atoms with Crippen molar-refractivity contribution in [3.05, 3.63) is 24.3 Å². The van der Waals surface area contributed by atoms with Crippen LogP contribution < -0.4 is 15.0 Å². The Bertz CT molecular complexity index is 521. The molecule has 21 heavy (non-hydrogen) atoms. The van der Waals surface area contributed by atoms with Crippen LogP contribution in [0.1, 0.15) is 13.3 Å². The maximum atomic E-state index is 12.2. The molecule has 0 aliphatic carbocycles. The number of rotatable bonds is 6. The minimum absolute atomic E-state index is 0.00736. The first-order chi connectivity index (χ1) is 10.2. The number of carbonyl (C=O) groups excluding carboxylic acids is 2. The van der Waals surface area contributed by atoms with Crippen LogP contribution in [-0.4, -0.2) is 43.0 Å². The van der Waals surface area contributed by atoms with Crippen LogP contribution in [0.3, 0.4) is 0 Å². The molecular formula is C15H20N2O3S. The van der Waals surface area contributed by atoms with Crippen molar-refractivity contribution in [3.63, 3.8) is 0 Å². The van der Waals surface area contributed by atoms with E-state index in [4.69, 9.17) is 4.74 Å².